The first-order valence-electron chi connectivity index (χ1n) is 8.57. The van der Waals surface area contributed by atoms with E-state index in [0.717, 1.165) is 22.3 Å². The lowest BCUT2D eigenvalue weighted by atomic mass is 9.78. The highest BCUT2D eigenvalue weighted by atomic mass is 16.3. The van der Waals surface area contributed by atoms with Crippen LogP contribution in [0, 0.1) is 0 Å². The minimum absolute atomic E-state index is 0.00420. The summed E-state index contributed by atoms with van der Waals surface area (Å²) < 4.78 is 0. The van der Waals surface area contributed by atoms with Crippen LogP contribution in [0.4, 0.5) is 0 Å². The zero-order valence-electron chi connectivity index (χ0n) is 16.0. The van der Waals surface area contributed by atoms with Crippen molar-refractivity contribution in [1.29, 1.82) is 0 Å². The second-order valence-electron chi connectivity index (χ2n) is 8.70. The van der Waals surface area contributed by atoms with E-state index in [-0.39, 0.29) is 22.3 Å². The summed E-state index contributed by atoms with van der Waals surface area (Å²) in [5.74, 6) is 0.226. The van der Waals surface area contributed by atoms with Crippen LogP contribution in [0.1, 0.15) is 74.2 Å². The molecule has 25 heavy (non-hydrogen) atoms. The van der Waals surface area contributed by atoms with Crippen LogP contribution in [0.2, 0.25) is 0 Å². The smallest absolute Gasteiger partial charge is 0.153 e. The normalized spacial score (nSPS) is 12.2. The van der Waals surface area contributed by atoms with E-state index < -0.39 is 0 Å². The molecule has 2 aromatic carbocycles. The maximum Gasteiger partial charge on any atom is 0.153 e. The van der Waals surface area contributed by atoms with Gasteiger partial charge in [-0.05, 0) is 63.8 Å². The van der Waals surface area contributed by atoms with Crippen LogP contribution in [0.15, 0.2) is 30.3 Å². The van der Waals surface area contributed by atoms with E-state index >= 15 is 0 Å². The fourth-order valence-electron chi connectivity index (χ4n) is 3.25. The quantitative estimate of drug-likeness (QED) is 0.765. The Morgan fingerprint density at radius 3 is 1.92 bits per heavy atom. The average molecular weight is 340 g/mol. The van der Waals surface area contributed by atoms with Crippen molar-refractivity contribution >= 4 is 6.29 Å². The van der Waals surface area contributed by atoms with Crippen LogP contribution in [0.25, 0.3) is 0 Å². The van der Waals surface area contributed by atoms with E-state index in [1.807, 2.05) is 6.07 Å². The Morgan fingerprint density at radius 1 is 0.840 bits per heavy atom. The number of hydrogen-bond acceptors (Lipinski definition) is 3. The van der Waals surface area contributed by atoms with Crippen LogP contribution in [-0.2, 0) is 17.3 Å². The standard InChI is InChI=1S/C22H28O3/c1-21(2,3)18-8-7-17(24)10-14(18)9-15-12-20(25)16(13-23)11-19(15)22(4,5)6/h7-8,10-13,24-25H,9H2,1-6H3. The summed E-state index contributed by atoms with van der Waals surface area (Å²) in [6.45, 7) is 12.7. The predicted octanol–water partition coefficient (Wildman–Crippen LogP) is 5.10. The molecule has 2 rings (SSSR count). The fraction of sp³-hybridized carbons (Fsp3) is 0.409. The summed E-state index contributed by atoms with van der Waals surface area (Å²) in [5, 5.41) is 20.1. The van der Waals surface area contributed by atoms with Crippen LogP contribution < -0.4 is 0 Å². The van der Waals surface area contributed by atoms with Gasteiger partial charge in [-0.3, -0.25) is 4.79 Å². The van der Waals surface area contributed by atoms with Crippen molar-refractivity contribution in [2.24, 2.45) is 0 Å². The summed E-state index contributed by atoms with van der Waals surface area (Å²) in [5.41, 5.74) is 4.25. The van der Waals surface area contributed by atoms with Crippen molar-refractivity contribution < 1.29 is 15.0 Å². The monoisotopic (exact) mass is 340 g/mol. The van der Waals surface area contributed by atoms with Gasteiger partial charge in [0.05, 0.1) is 5.56 Å². The molecule has 0 saturated carbocycles. The summed E-state index contributed by atoms with van der Waals surface area (Å²) in [7, 11) is 0. The number of rotatable bonds is 3. The molecule has 0 radical (unpaired) electrons. The largest absolute Gasteiger partial charge is 0.508 e. The van der Waals surface area contributed by atoms with Gasteiger partial charge in [-0.1, -0.05) is 47.6 Å². The number of phenolic OH excluding ortho intramolecular Hbond substituents is 2. The third kappa shape index (κ3) is 4.22. The lowest BCUT2D eigenvalue weighted by Crippen LogP contribution is -2.17. The number of benzene rings is 2. The highest BCUT2D eigenvalue weighted by Crippen LogP contribution is 2.35. The maximum absolute atomic E-state index is 11.2. The van der Waals surface area contributed by atoms with Gasteiger partial charge in [0.2, 0.25) is 0 Å². The molecule has 0 amide bonds. The van der Waals surface area contributed by atoms with Gasteiger partial charge in [0.15, 0.2) is 6.29 Å². The van der Waals surface area contributed by atoms with E-state index in [4.69, 9.17) is 0 Å². The van der Waals surface area contributed by atoms with E-state index in [9.17, 15) is 15.0 Å². The Morgan fingerprint density at radius 2 is 1.40 bits per heavy atom. The number of hydrogen-bond donors (Lipinski definition) is 2. The summed E-state index contributed by atoms with van der Waals surface area (Å²) >= 11 is 0. The van der Waals surface area contributed by atoms with Gasteiger partial charge in [-0.2, -0.15) is 0 Å². The molecule has 3 nitrogen and oxygen atoms in total. The molecule has 0 saturated heterocycles. The Bertz CT molecular complexity index is 790. The van der Waals surface area contributed by atoms with Crippen LogP contribution >= 0.6 is 0 Å². The van der Waals surface area contributed by atoms with Crippen molar-refractivity contribution in [3.63, 3.8) is 0 Å². The molecular formula is C22H28O3. The summed E-state index contributed by atoms with van der Waals surface area (Å²) in [6.07, 6.45) is 1.27. The molecule has 0 aliphatic carbocycles. The highest BCUT2D eigenvalue weighted by molar-refractivity contribution is 5.80. The first-order valence-corrected chi connectivity index (χ1v) is 8.57. The minimum atomic E-state index is -0.167. The van der Waals surface area contributed by atoms with Crippen molar-refractivity contribution in [3.8, 4) is 11.5 Å². The second kappa shape index (κ2) is 6.55. The summed E-state index contributed by atoms with van der Waals surface area (Å²) in [6, 6.07) is 8.92. The van der Waals surface area contributed by atoms with E-state index in [2.05, 4.69) is 41.5 Å². The van der Waals surface area contributed by atoms with Crippen LogP contribution in [0.3, 0.4) is 0 Å². The summed E-state index contributed by atoms with van der Waals surface area (Å²) in [4.78, 5) is 11.2. The number of phenols is 2. The zero-order chi connectivity index (χ0) is 19.0. The van der Waals surface area contributed by atoms with E-state index in [0.29, 0.717) is 18.3 Å². The number of aromatic hydroxyl groups is 2. The van der Waals surface area contributed by atoms with Gasteiger partial charge < -0.3 is 10.2 Å². The van der Waals surface area contributed by atoms with Gasteiger partial charge in [0.25, 0.3) is 0 Å². The van der Waals surface area contributed by atoms with Gasteiger partial charge in [0.1, 0.15) is 11.5 Å². The molecule has 0 fully saturated rings. The number of aldehydes is 1. The second-order valence-corrected chi connectivity index (χ2v) is 8.70. The molecule has 0 spiro atoms. The SMILES string of the molecule is CC(C)(C)c1ccc(O)cc1Cc1cc(O)c(C=O)cc1C(C)(C)C. The first kappa shape index (κ1) is 19.0. The molecule has 0 atom stereocenters. The Labute approximate surface area is 150 Å². The van der Waals surface area contributed by atoms with Crippen molar-refractivity contribution in [2.45, 2.75) is 58.8 Å². The molecule has 3 heteroatoms. The maximum atomic E-state index is 11.2. The van der Waals surface area contributed by atoms with Gasteiger partial charge in [-0.15, -0.1) is 0 Å². The first-order chi connectivity index (χ1) is 11.4. The Hall–Kier alpha value is -2.29. The van der Waals surface area contributed by atoms with Crippen LogP contribution in [-0.4, -0.2) is 16.5 Å². The molecule has 134 valence electrons. The predicted molar refractivity (Wildman–Crippen MR) is 102 cm³/mol. The topological polar surface area (TPSA) is 57.5 Å². The minimum Gasteiger partial charge on any atom is -0.508 e. The fourth-order valence-corrected chi connectivity index (χ4v) is 3.25. The lowest BCUT2D eigenvalue weighted by Gasteiger charge is -2.27. The van der Waals surface area contributed by atoms with Gasteiger partial charge in [-0.25, -0.2) is 0 Å². The van der Waals surface area contributed by atoms with Gasteiger partial charge in [0, 0.05) is 0 Å². The molecule has 0 bridgehead atoms. The third-order valence-corrected chi connectivity index (χ3v) is 4.47. The zero-order valence-corrected chi connectivity index (χ0v) is 16.0. The number of carbonyl (C=O) groups excluding carboxylic acids is 1. The lowest BCUT2D eigenvalue weighted by molar-refractivity contribution is 0.112. The molecule has 0 aromatic heterocycles. The van der Waals surface area contributed by atoms with Crippen LogP contribution in [0.5, 0.6) is 11.5 Å². The van der Waals surface area contributed by atoms with E-state index in [1.165, 1.54) is 0 Å². The average Bonchev–Trinajstić information content (AvgIpc) is 2.44. The van der Waals surface area contributed by atoms with Crippen molar-refractivity contribution in [3.05, 3.63) is 58.1 Å². The third-order valence-electron chi connectivity index (χ3n) is 4.47. The molecule has 0 aliphatic heterocycles. The van der Waals surface area contributed by atoms with E-state index in [1.54, 1.807) is 24.3 Å². The molecular weight excluding hydrogens is 312 g/mol. The number of carbonyl (C=O) groups is 1. The molecule has 2 N–H and O–H groups in total. The Balaban J connectivity index is 2.64. The molecule has 0 heterocycles. The van der Waals surface area contributed by atoms with Crippen molar-refractivity contribution in [1.82, 2.24) is 0 Å². The molecule has 0 aliphatic rings. The Kier molecular flexibility index (Phi) is 4.99. The van der Waals surface area contributed by atoms with Gasteiger partial charge >= 0.3 is 0 Å². The molecule has 2 aromatic rings. The highest BCUT2D eigenvalue weighted by Gasteiger charge is 2.23. The molecule has 0 unspecified atom stereocenters. The van der Waals surface area contributed by atoms with Crippen molar-refractivity contribution in [2.75, 3.05) is 0 Å².